The minimum Gasteiger partial charge on any atom is -0.398 e. The molecule has 0 saturated carbocycles. The number of rotatable bonds is 4. The van der Waals surface area contributed by atoms with Crippen molar-refractivity contribution in [2.75, 3.05) is 0 Å². The van der Waals surface area contributed by atoms with E-state index in [4.69, 9.17) is 5.73 Å². The zero-order chi connectivity index (χ0) is 16.1. The van der Waals surface area contributed by atoms with Gasteiger partial charge in [0.15, 0.2) is 5.78 Å². The molecule has 0 amide bonds. The van der Waals surface area contributed by atoms with E-state index in [9.17, 15) is 4.79 Å². The fraction of sp³-hybridized carbons (Fsp3) is 0. The zero-order valence-electron chi connectivity index (χ0n) is 12.6. The van der Waals surface area contributed by atoms with E-state index >= 15 is 0 Å². The first kappa shape index (κ1) is 14.8. The van der Waals surface area contributed by atoms with Crippen LogP contribution in [0.4, 0.5) is 0 Å². The summed E-state index contributed by atoms with van der Waals surface area (Å²) in [4.78, 5) is 12.3. The van der Waals surface area contributed by atoms with Crippen LogP contribution in [-0.2, 0) is 0 Å². The molecular formula is C21H17NO. The quantitative estimate of drug-likeness (QED) is 0.568. The van der Waals surface area contributed by atoms with Gasteiger partial charge in [0.1, 0.15) is 0 Å². The Hall–Kier alpha value is -3.13. The van der Waals surface area contributed by atoms with Crippen LogP contribution in [0.5, 0.6) is 0 Å². The van der Waals surface area contributed by atoms with Crippen molar-refractivity contribution in [1.29, 1.82) is 0 Å². The van der Waals surface area contributed by atoms with Gasteiger partial charge in [-0.2, -0.15) is 0 Å². The molecule has 0 aliphatic carbocycles. The van der Waals surface area contributed by atoms with Crippen molar-refractivity contribution < 1.29 is 4.79 Å². The Balaban J connectivity index is 1.81. The average Bonchev–Trinajstić information content (AvgIpc) is 2.63. The molecule has 0 aromatic heterocycles. The maximum absolute atomic E-state index is 12.3. The molecule has 0 saturated heterocycles. The molecule has 3 aromatic rings. The van der Waals surface area contributed by atoms with E-state index in [-0.39, 0.29) is 5.78 Å². The third-order valence-electron chi connectivity index (χ3n) is 3.67. The lowest BCUT2D eigenvalue weighted by molar-refractivity contribution is 0.104. The third kappa shape index (κ3) is 3.55. The molecule has 0 bridgehead atoms. The molecular weight excluding hydrogens is 282 g/mol. The summed E-state index contributed by atoms with van der Waals surface area (Å²) in [6.45, 7) is 0. The predicted octanol–water partition coefficient (Wildman–Crippen LogP) is 4.54. The van der Waals surface area contributed by atoms with Crippen molar-refractivity contribution in [3.05, 3.63) is 102 Å². The highest BCUT2D eigenvalue weighted by Crippen LogP contribution is 2.20. The van der Waals surface area contributed by atoms with E-state index in [0.717, 1.165) is 16.7 Å². The molecule has 0 fully saturated rings. The van der Waals surface area contributed by atoms with E-state index in [2.05, 4.69) is 0 Å². The van der Waals surface area contributed by atoms with Gasteiger partial charge < -0.3 is 5.73 Å². The Morgan fingerprint density at radius 2 is 1.17 bits per heavy atom. The number of hydrogen-bond acceptors (Lipinski definition) is 2. The van der Waals surface area contributed by atoms with Crippen LogP contribution in [0.2, 0.25) is 0 Å². The second-order valence-corrected chi connectivity index (χ2v) is 5.27. The molecule has 0 radical (unpaired) electrons. The Morgan fingerprint density at radius 1 is 0.652 bits per heavy atom. The summed E-state index contributed by atoms with van der Waals surface area (Å²) in [5.41, 5.74) is 10.2. The van der Waals surface area contributed by atoms with Crippen LogP contribution in [0.25, 0.3) is 16.8 Å². The fourth-order valence-corrected chi connectivity index (χ4v) is 2.40. The minimum absolute atomic E-state index is 0.0917. The van der Waals surface area contributed by atoms with Crippen LogP contribution in [0.15, 0.2) is 91.0 Å². The van der Waals surface area contributed by atoms with Gasteiger partial charge >= 0.3 is 0 Å². The second kappa shape index (κ2) is 6.75. The number of nitrogens with two attached hydrogens (primary N) is 1. The summed E-state index contributed by atoms with van der Waals surface area (Å²) in [7, 11) is 0. The van der Waals surface area contributed by atoms with Gasteiger partial charge in [-0.3, -0.25) is 4.79 Å². The number of carbonyl (C=O) groups is 1. The number of benzene rings is 3. The minimum atomic E-state index is -0.0917. The molecule has 0 heterocycles. The topological polar surface area (TPSA) is 43.1 Å². The van der Waals surface area contributed by atoms with E-state index in [1.165, 1.54) is 6.08 Å². The average molecular weight is 299 g/mol. The van der Waals surface area contributed by atoms with Crippen LogP contribution in [0, 0.1) is 0 Å². The first-order valence-electron chi connectivity index (χ1n) is 7.46. The van der Waals surface area contributed by atoms with Gasteiger partial charge in [-0.1, -0.05) is 84.9 Å². The molecule has 2 N–H and O–H groups in total. The predicted molar refractivity (Wildman–Crippen MR) is 94.8 cm³/mol. The number of hydrogen-bond donors (Lipinski definition) is 1. The summed E-state index contributed by atoms with van der Waals surface area (Å²) < 4.78 is 0. The molecule has 0 aliphatic rings. The largest absolute Gasteiger partial charge is 0.398 e. The molecule has 23 heavy (non-hydrogen) atoms. The molecule has 0 unspecified atom stereocenters. The van der Waals surface area contributed by atoms with Gasteiger partial charge in [-0.25, -0.2) is 0 Å². The molecule has 0 atom stereocenters. The summed E-state index contributed by atoms with van der Waals surface area (Å²) in [6, 6.07) is 27.1. The summed E-state index contributed by atoms with van der Waals surface area (Å²) >= 11 is 0. The standard InChI is InChI=1S/C21H17NO/c22-20(18-9-5-2-6-10-18)15-21(23)19-13-11-17(12-14-19)16-7-3-1-4-8-16/h1-15H,22H2/b20-15-. The van der Waals surface area contributed by atoms with Gasteiger partial charge in [0, 0.05) is 17.3 Å². The molecule has 3 rings (SSSR count). The smallest absolute Gasteiger partial charge is 0.187 e. The van der Waals surface area contributed by atoms with E-state index in [0.29, 0.717) is 11.3 Å². The molecule has 2 nitrogen and oxygen atoms in total. The van der Waals surface area contributed by atoms with Crippen molar-refractivity contribution in [1.82, 2.24) is 0 Å². The zero-order valence-corrected chi connectivity index (χ0v) is 12.6. The second-order valence-electron chi connectivity index (χ2n) is 5.27. The molecule has 0 aliphatic heterocycles. The SMILES string of the molecule is N/C(=C\C(=O)c1ccc(-c2ccccc2)cc1)c1ccccc1. The fourth-order valence-electron chi connectivity index (χ4n) is 2.40. The van der Waals surface area contributed by atoms with Gasteiger partial charge in [0.05, 0.1) is 0 Å². The lowest BCUT2D eigenvalue weighted by atomic mass is 10.0. The lowest BCUT2D eigenvalue weighted by Crippen LogP contribution is -2.02. The van der Waals surface area contributed by atoms with Gasteiger partial charge in [-0.05, 0) is 16.7 Å². The van der Waals surface area contributed by atoms with Crippen LogP contribution < -0.4 is 5.73 Å². The van der Waals surface area contributed by atoms with Gasteiger partial charge in [0.25, 0.3) is 0 Å². The normalized spacial score (nSPS) is 11.2. The first-order chi connectivity index (χ1) is 11.2. The maximum atomic E-state index is 12.3. The van der Waals surface area contributed by atoms with Crippen LogP contribution in [0.3, 0.4) is 0 Å². The lowest BCUT2D eigenvalue weighted by Gasteiger charge is -2.04. The van der Waals surface area contributed by atoms with Crippen molar-refractivity contribution >= 4 is 11.5 Å². The number of ketones is 1. The van der Waals surface area contributed by atoms with Gasteiger partial charge in [-0.15, -0.1) is 0 Å². The molecule has 112 valence electrons. The van der Waals surface area contributed by atoms with Crippen molar-refractivity contribution in [3.63, 3.8) is 0 Å². The van der Waals surface area contributed by atoms with Gasteiger partial charge in [0.2, 0.25) is 0 Å². The summed E-state index contributed by atoms with van der Waals surface area (Å²) in [5, 5.41) is 0. The van der Waals surface area contributed by atoms with E-state index in [1.54, 1.807) is 0 Å². The molecule has 0 spiro atoms. The van der Waals surface area contributed by atoms with Crippen molar-refractivity contribution in [2.45, 2.75) is 0 Å². The molecule has 3 aromatic carbocycles. The number of allylic oxidation sites excluding steroid dienone is 1. The Bertz CT molecular complexity index is 819. The third-order valence-corrected chi connectivity index (χ3v) is 3.67. The highest BCUT2D eigenvalue weighted by molar-refractivity contribution is 6.08. The van der Waals surface area contributed by atoms with Crippen molar-refractivity contribution in [3.8, 4) is 11.1 Å². The Morgan fingerprint density at radius 3 is 1.78 bits per heavy atom. The van der Waals surface area contributed by atoms with Crippen LogP contribution >= 0.6 is 0 Å². The monoisotopic (exact) mass is 299 g/mol. The van der Waals surface area contributed by atoms with E-state index < -0.39 is 0 Å². The van der Waals surface area contributed by atoms with Crippen LogP contribution in [0.1, 0.15) is 15.9 Å². The summed E-state index contributed by atoms with van der Waals surface area (Å²) in [6.07, 6.45) is 1.48. The van der Waals surface area contributed by atoms with E-state index in [1.807, 2.05) is 84.9 Å². The van der Waals surface area contributed by atoms with Crippen molar-refractivity contribution in [2.24, 2.45) is 5.73 Å². The van der Waals surface area contributed by atoms with Crippen LogP contribution in [-0.4, -0.2) is 5.78 Å². The highest BCUT2D eigenvalue weighted by Gasteiger charge is 2.05. The molecule has 2 heteroatoms. The number of carbonyl (C=O) groups excluding carboxylic acids is 1. The maximum Gasteiger partial charge on any atom is 0.187 e. The Kier molecular flexibility index (Phi) is 4.34. The Labute approximate surface area is 135 Å². The summed E-state index contributed by atoms with van der Waals surface area (Å²) in [5.74, 6) is -0.0917. The first-order valence-corrected chi connectivity index (χ1v) is 7.46. The highest BCUT2D eigenvalue weighted by atomic mass is 16.1.